The van der Waals surface area contributed by atoms with Crippen molar-refractivity contribution in [3.8, 4) is 11.3 Å². The van der Waals surface area contributed by atoms with E-state index in [0.29, 0.717) is 5.56 Å². The van der Waals surface area contributed by atoms with Crippen LogP contribution < -0.4 is 10.6 Å². The van der Waals surface area contributed by atoms with Crippen molar-refractivity contribution in [2.45, 2.75) is 13.5 Å². The second-order valence-electron chi connectivity index (χ2n) is 9.27. The maximum atomic E-state index is 13.1. The number of carbonyl (C=O) groups excluding carboxylic acids is 1. The molecule has 0 aliphatic carbocycles. The number of piperazine rings is 1. The number of nitrogens with zero attached hydrogens (tertiary/aromatic N) is 4. The van der Waals surface area contributed by atoms with Gasteiger partial charge in [-0.1, -0.05) is 12.1 Å². The fourth-order valence-corrected chi connectivity index (χ4v) is 5.61. The van der Waals surface area contributed by atoms with Crippen LogP contribution in [0, 0.1) is 10.5 Å². The highest BCUT2D eigenvalue weighted by Gasteiger charge is 2.16. The number of nitrogens with one attached hydrogen (secondary N) is 2. The van der Waals surface area contributed by atoms with Gasteiger partial charge in [-0.2, -0.15) is 0 Å². The van der Waals surface area contributed by atoms with E-state index in [4.69, 9.17) is 4.98 Å². The third-order valence-electron chi connectivity index (χ3n) is 6.50. The number of carbonyl (C=O) groups is 1. The largest absolute Gasteiger partial charge is 0.331 e. The Labute approximate surface area is 235 Å². The average molecular weight is 625 g/mol. The van der Waals surface area contributed by atoms with Gasteiger partial charge < -0.3 is 15.5 Å². The van der Waals surface area contributed by atoms with Crippen molar-refractivity contribution in [1.29, 1.82) is 0 Å². The Morgan fingerprint density at radius 2 is 1.95 bits per heavy atom. The minimum atomic E-state index is -0.119. The molecule has 3 heterocycles. The maximum Gasteiger partial charge on any atom is 0.255 e. The Morgan fingerprint density at radius 1 is 1.11 bits per heavy atom. The van der Waals surface area contributed by atoms with Gasteiger partial charge in [0.05, 0.1) is 5.69 Å². The lowest BCUT2D eigenvalue weighted by atomic mass is 10.1. The molecule has 2 aromatic heterocycles. The van der Waals surface area contributed by atoms with Gasteiger partial charge in [-0.05, 0) is 84.1 Å². The molecule has 7 nitrogen and oxygen atoms in total. The smallest absolute Gasteiger partial charge is 0.255 e. The third-order valence-corrected chi connectivity index (χ3v) is 8.27. The van der Waals surface area contributed by atoms with E-state index in [9.17, 15) is 4.79 Å². The number of aromatic nitrogens is 2. The van der Waals surface area contributed by atoms with Crippen LogP contribution in [-0.2, 0) is 6.54 Å². The first-order valence-corrected chi connectivity index (χ1v) is 14.1. The zero-order chi connectivity index (χ0) is 25.8. The first-order chi connectivity index (χ1) is 17.9. The number of halogens is 1. The van der Waals surface area contributed by atoms with E-state index in [1.807, 2.05) is 54.8 Å². The summed E-state index contributed by atoms with van der Waals surface area (Å²) in [7, 11) is 2.17. The third kappa shape index (κ3) is 6.53. The van der Waals surface area contributed by atoms with Gasteiger partial charge >= 0.3 is 0 Å². The molecule has 1 amide bonds. The molecule has 0 unspecified atom stereocenters. The number of hydrogen-bond donors (Lipinski definition) is 2. The summed E-state index contributed by atoms with van der Waals surface area (Å²) >= 11 is 3.88. The maximum absolute atomic E-state index is 13.1. The molecular formula is C28H29IN6OS. The Bertz CT molecular complexity index is 1380. The van der Waals surface area contributed by atoms with E-state index in [2.05, 4.69) is 61.1 Å². The number of rotatable bonds is 7. The molecule has 0 radical (unpaired) electrons. The number of benzene rings is 2. The standard InChI is InChI=1S/C28H29IN6OS/c1-19-5-8-23(15-25(19)32-28-33-26(18-37-28)21-4-3-9-30-16-21)31-27(36)20-6-7-22(24(29)14-20)17-35-12-10-34(2)11-13-35/h3-9,14-16,18H,10-13,17H2,1-2H3,(H,31,36)(H,32,33). The molecule has 1 aliphatic heterocycles. The number of thiazole rings is 1. The molecule has 9 heteroatoms. The molecule has 1 saturated heterocycles. The molecule has 0 bridgehead atoms. The lowest BCUT2D eigenvalue weighted by Crippen LogP contribution is -2.44. The normalized spacial score (nSPS) is 14.5. The summed E-state index contributed by atoms with van der Waals surface area (Å²) in [6.07, 6.45) is 3.56. The highest BCUT2D eigenvalue weighted by Crippen LogP contribution is 2.29. The van der Waals surface area contributed by atoms with Crippen LogP contribution in [0.15, 0.2) is 66.3 Å². The van der Waals surface area contributed by atoms with Crippen molar-refractivity contribution in [3.63, 3.8) is 0 Å². The second-order valence-corrected chi connectivity index (χ2v) is 11.3. The molecular weight excluding hydrogens is 595 g/mol. The van der Waals surface area contributed by atoms with Gasteiger partial charge in [0, 0.05) is 76.6 Å². The quantitative estimate of drug-likeness (QED) is 0.251. The monoisotopic (exact) mass is 624 g/mol. The van der Waals surface area contributed by atoms with Crippen molar-refractivity contribution < 1.29 is 4.79 Å². The lowest BCUT2D eigenvalue weighted by molar-refractivity contribution is 0.102. The zero-order valence-electron chi connectivity index (χ0n) is 20.9. The Morgan fingerprint density at radius 3 is 2.70 bits per heavy atom. The lowest BCUT2D eigenvalue weighted by Gasteiger charge is -2.32. The van der Waals surface area contributed by atoms with Crippen molar-refractivity contribution in [3.05, 3.63) is 86.6 Å². The van der Waals surface area contributed by atoms with Crippen molar-refractivity contribution >= 4 is 56.3 Å². The summed E-state index contributed by atoms with van der Waals surface area (Å²) in [5.74, 6) is -0.119. The Kier molecular flexibility index (Phi) is 8.14. The predicted octanol–water partition coefficient (Wildman–Crippen LogP) is 5.86. The number of amides is 1. The minimum Gasteiger partial charge on any atom is -0.331 e. The SMILES string of the molecule is Cc1ccc(NC(=O)c2ccc(CN3CCN(C)CC3)c(I)c2)cc1Nc1nc(-c2cccnc2)cs1. The number of aryl methyl sites for hydroxylation is 1. The number of anilines is 3. The van der Waals surface area contributed by atoms with E-state index >= 15 is 0 Å². The second kappa shape index (κ2) is 11.7. The highest BCUT2D eigenvalue weighted by molar-refractivity contribution is 14.1. The number of hydrogen-bond acceptors (Lipinski definition) is 7. The molecule has 37 heavy (non-hydrogen) atoms. The molecule has 1 aliphatic rings. The molecule has 4 aromatic rings. The van der Waals surface area contributed by atoms with Crippen LogP contribution in [0.25, 0.3) is 11.3 Å². The van der Waals surface area contributed by atoms with Crippen LogP contribution in [0.4, 0.5) is 16.5 Å². The fraction of sp³-hybridized carbons (Fsp3) is 0.250. The van der Waals surface area contributed by atoms with Crippen LogP contribution in [0.2, 0.25) is 0 Å². The first kappa shape index (κ1) is 25.8. The zero-order valence-corrected chi connectivity index (χ0v) is 23.8. The topological polar surface area (TPSA) is 73.4 Å². The summed E-state index contributed by atoms with van der Waals surface area (Å²) in [5, 5.41) is 9.25. The minimum absolute atomic E-state index is 0.119. The molecule has 2 aromatic carbocycles. The molecule has 2 N–H and O–H groups in total. The van der Waals surface area contributed by atoms with E-state index in [0.717, 1.165) is 69.6 Å². The Hall–Kier alpha value is -2.86. The van der Waals surface area contributed by atoms with Gasteiger partial charge in [0.15, 0.2) is 5.13 Å². The molecule has 190 valence electrons. The summed E-state index contributed by atoms with van der Waals surface area (Å²) in [4.78, 5) is 26.7. The fourth-order valence-electron chi connectivity index (χ4n) is 4.19. The van der Waals surface area contributed by atoms with Crippen LogP contribution in [-0.4, -0.2) is 58.9 Å². The van der Waals surface area contributed by atoms with E-state index in [1.165, 1.54) is 16.9 Å². The molecule has 0 spiro atoms. The molecule has 1 fully saturated rings. The molecule has 5 rings (SSSR count). The van der Waals surface area contributed by atoms with Crippen LogP contribution in [0.5, 0.6) is 0 Å². The summed E-state index contributed by atoms with van der Waals surface area (Å²) in [6.45, 7) is 7.29. The van der Waals surface area contributed by atoms with Gasteiger partial charge in [-0.25, -0.2) is 4.98 Å². The summed E-state index contributed by atoms with van der Waals surface area (Å²) in [6, 6.07) is 15.7. The number of pyridine rings is 1. The van der Waals surface area contributed by atoms with Gasteiger partial charge in [0.25, 0.3) is 5.91 Å². The molecule has 0 saturated carbocycles. The van der Waals surface area contributed by atoms with Gasteiger partial charge in [0.1, 0.15) is 0 Å². The van der Waals surface area contributed by atoms with Gasteiger partial charge in [0.2, 0.25) is 0 Å². The number of likely N-dealkylation sites (N-methyl/N-ethyl adjacent to an activating group) is 1. The van der Waals surface area contributed by atoms with Crippen molar-refractivity contribution in [2.24, 2.45) is 0 Å². The van der Waals surface area contributed by atoms with Crippen LogP contribution in [0.3, 0.4) is 0 Å². The predicted molar refractivity (Wildman–Crippen MR) is 160 cm³/mol. The van der Waals surface area contributed by atoms with Crippen LogP contribution in [0.1, 0.15) is 21.5 Å². The van der Waals surface area contributed by atoms with E-state index < -0.39 is 0 Å². The summed E-state index contributed by atoms with van der Waals surface area (Å²) in [5.41, 5.74) is 6.49. The van der Waals surface area contributed by atoms with Crippen LogP contribution >= 0.6 is 33.9 Å². The van der Waals surface area contributed by atoms with Crippen molar-refractivity contribution in [1.82, 2.24) is 19.8 Å². The average Bonchev–Trinajstić information content (AvgIpc) is 3.37. The Balaban J connectivity index is 1.24. The van der Waals surface area contributed by atoms with Gasteiger partial charge in [-0.3, -0.25) is 14.7 Å². The van der Waals surface area contributed by atoms with E-state index in [-0.39, 0.29) is 5.91 Å². The van der Waals surface area contributed by atoms with Gasteiger partial charge in [-0.15, -0.1) is 11.3 Å². The molecule has 0 atom stereocenters. The van der Waals surface area contributed by atoms with E-state index in [1.54, 1.807) is 12.4 Å². The summed E-state index contributed by atoms with van der Waals surface area (Å²) < 4.78 is 1.11. The van der Waals surface area contributed by atoms with Crippen molar-refractivity contribution in [2.75, 3.05) is 43.9 Å². The highest BCUT2D eigenvalue weighted by atomic mass is 127. The first-order valence-electron chi connectivity index (χ1n) is 12.2.